The number of nitrogens with two attached hydrogens (primary N) is 1. The van der Waals surface area contributed by atoms with E-state index >= 15 is 0 Å². The number of aromatic nitrogens is 3. The highest BCUT2D eigenvalue weighted by molar-refractivity contribution is 8.00. The van der Waals surface area contributed by atoms with Gasteiger partial charge in [0.05, 0.1) is 23.3 Å². The summed E-state index contributed by atoms with van der Waals surface area (Å²) in [5.41, 5.74) is 4.68. The average Bonchev–Trinajstić information content (AvgIpc) is 2.67. The molecule has 20 heavy (non-hydrogen) atoms. The molecule has 112 valence electrons. The molecular weight excluding hydrogens is 311 g/mol. The second-order valence-electron chi connectivity index (χ2n) is 4.12. The predicted molar refractivity (Wildman–Crippen MR) is 69.7 cm³/mol. The highest BCUT2D eigenvalue weighted by atomic mass is 32.2. The van der Waals surface area contributed by atoms with Crippen LogP contribution in [-0.4, -0.2) is 47.4 Å². The Morgan fingerprint density at radius 3 is 2.90 bits per heavy atom. The van der Waals surface area contributed by atoms with Gasteiger partial charge in [0, 0.05) is 6.42 Å². The fourth-order valence-electron chi connectivity index (χ4n) is 1.76. The van der Waals surface area contributed by atoms with E-state index in [1.807, 2.05) is 0 Å². The Morgan fingerprint density at radius 1 is 1.60 bits per heavy atom. The Hall–Kier alpha value is -0.970. The van der Waals surface area contributed by atoms with Gasteiger partial charge in [-0.2, -0.15) is 4.98 Å². The Morgan fingerprint density at radius 2 is 2.30 bits per heavy atom. The van der Waals surface area contributed by atoms with E-state index in [2.05, 4.69) is 14.5 Å². The number of nitrogen functional groups attached to an aromatic ring is 1. The topological polar surface area (TPSA) is 161 Å². The van der Waals surface area contributed by atoms with Gasteiger partial charge in [0.15, 0.2) is 0 Å². The minimum atomic E-state index is -4.59. The van der Waals surface area contributed by atoms with Crippen LogP contribution in [0.25, 0.3) is 0 Å². The number of nitrogens with zero attached hydrogens (tertiary/aromatic N) is 3. The molecule has 5 N–H and O–H groups in total. The molecule has 1 unspecified atom stereocenters. The summed E-state index contributed by atoms with van der Waals surface area (Å²) in [7, 11) is -4.59. The minimum Gasteiger partial charge on any atom is -0.392 e. The Labute approximate surface area is 117 Å². The molecule has 0 saturated carbocycles. The van der Waals surface area contributed by atoms with Crippen molar-refractivity contribution in [1.29, 1.82) is 0 Å². The van der Waals surface area contributed by atoms with Crippen LogP contribution in [0.15, 0.2) is 11.1 Å². The van der Waals surface area contributed by atoms with Crippen molar-refractivity contribution in [2.45, 2.75) is 23.1 Å². The minimum absolute atomic E-state index is 0.142. The number of thioether (sulfide) groups is 1. The number of anilines is 1. The van der Waals surface area contributed by atoms with Crippen LogP contribution in [0.2, 0.25) is 0 Å². The van der Waals surface area contributed by atoms with Gasteiger partial charge in [-0.25, -0.2) is 14.3 Å². The van der Waals surface area contributed by atoms with Gasteiger partial charge in [0.25, 0.3) is 0 Å². The monoisotopic (exact) mass is 324 g/mol. The van der Waals surface area contributed by atoms with E-state index < -0.39 is 30.2 Å². The zero-order valence-corrected chi connectivity index (χ0v) is 11.8. The fraction of sp³-hybridized carbons (Fsp3) is 0.625. The smallest absolute Gasteiger partial charge is 0.392 e. The summed E-state index contributed by atoms with van der Waals surface area (Å²) in [6.45, 7) is -0.322. The largest absolute Gasteiger partial charge is 0.469 e. The molecule has 3 atom stereocenters. The number of hydrogen-bond donors (Lipinski definition) is 4. The Bertz CT molecular complexity index is 591. The van der Waals surface area contributed by atoms with Crippen LogP contribution >= 0.6 is 19.6 Å². The summed E-state index contributed by atoms with van der Waals surface area (Å²) in [6.07, 6.45) is 0.579. The van der Waals surface area contributed by atoms with Crippen LogP contribution in [0.4, 0.5) is 5.95 Å². The van der Waals surface area contributed by atoms with Crippen molar-refractivity contribution in [3.05, 3.63) is 16.8 Å². The summed E-state index contributed by atoms with van der Waals surface area (Å²) in [5, 5.41) is 8.83. The van der Waals surface area contributed by atoms with Crippen molar-refractivity contribution in [2.24, 2.45) is 0 Å². The first-order valence-electron chi connectivity index (χ1n) is 5.50. The molecule has 1 fully saturated rings. The lowest BCUT2D eigenvalue weighted by Gasteiger charge is -2.14. The molecule has 1 aliphatic heterocycles. The van der Waals surface area contributed by atoms with E-state index in [9.17, 15) is 14.5 Å². The van der Waals surface area contributed by atoms with Gasteiger partial charge in [-0.05, 0) is 0 Å². The summed E-state index contributed by atoms with van der Waals surface area (Å²) >= 11 is 1.16. The lowest BCUT2D eigenvalue weighted by atomic mass is 10.2. The van der Waals surface area contributed by atoms with E-state index in [1.165, 1.54) is 10.9 Å². The number of rotatable bonds is 4. The molecule has 1 aliphatic rings. The molecule has 0 aliphatic carbocycles. The summed E-state index contributed by atoms with van der Waals surface area (Å²) in [4.78, 5) is 36.1. The van der Waals surface area contributed by atoms with Crippen molar-refractivity contribution in [3.8, 4) is 0 Å². The summed E-state index contributed by atoms with van der Waals surface area (Å²) in [6, 6.07) is 0. The number of phosphoric acid groups is 1. The van der Waals surface area contributed by atoms with Gasteiger partial charge in [-0.15, -0.1) is 11.8 Å². The predicted octanol–water partition coefficient (Wildman–Crippen LogP) is -1.31. The molecule has 0 amide bonds. The van der Waals surface area contributed by atoms with Crippen LogP contribution in [0.5, 0.6) is 0 Å². The molecule has 0 radical (unpaired) electrons. The second-order valence-corrected chi connectivity index (χ2v) is 6.78. The van der Waals surface area contributed by atoms with E-state index in [-0.39, 0.29) is 19.0 Å². The molecule has 1 saturated heterocycles. The SMILES string of the molecule is Nc1ncn([C@H]2CC(O)[C@@H](COP(=O)(O)O)S2)c(=O)n1. The number of aliphatic hydroxyl groups excluding tert-OH is 1. The van der Waals surface area contributed by atoms with Crippen molar-refractivity contribution < 1.29 is 24.0 Å². The van der Waals surface area contributed by atoms with Crippen LogP contribution < -0.4 is 11.4 Å². The molecule has 12 heteroatoms. The van der Waals surface area contributed by atoms with Gasteiger partial charge in [-0.3, -0.25) is 9.09 Å². The van der Waals surface area contributed by atoms with Crippen LogP contribution in [-0.2, 0) is 9.09 Å². The third-order valence-electron chi connectivity index (χ3n) is 2.67. The molecule has 10 nitrogen and oxygen atoms in total. The molecule has 1 aromatic rings. The standard InChI is InChI=1S/C8H13N4O6PS/c9-7-10-3-12(8(14)11-7)6-1-4(13)5(20-6)2-18-19(15,16)17/h3-6,13H,1-2H2,(H2,9,11,14)(H2,15,16,17)/t4?,5-,6-/m1/s1. The molecule has 2 heterocycles. The normalized spacial score (nSPS) is 26.9. The highest BCUT2D eigenvalue weighted by Gasteiger charge is 2.36. The van der Waals surface area contributed by atoms with Gasteiger partial charge in [0.2, 0.25) is 5.95 Å². The van der Waals surface area contributed by atoms with E-state index in [1.54, 1.807) is 0 Å². The Kier molecular flexibility index (Phi) is 4.47. The highest BCUT2D eigenvalue weighted by Crippen LogP contribution is 2.44. The van der Waals surface area contributed by atoms with E-state index in [0.717, 1.165) is 11.8 Å². The zero-order chi connectivity index (χ0) is 14.9. The Balaban J connectivity index is 2.06. The van der Waals surface area contributed by atoms with Gasteiger partial charge in [-0.1, -0.05) is 0 Å². The quantitative estimate of drug-likeness (QED) is 0.489. The van der Waals surface area contributed by atoms with Gasteiger partial charge in [0.1, 0.15) is 6.33 Å². The van der Waals surface area contributed by atoms with E-state index in [4.69, 9.17) is 15.5 Å². The first-order chi connectivity index (χ1) is 9.26. The second kappa shape index (κ2) is 5.80. The fourth-order valence-corrected chi connectivity index (χ4v) is 3.64. The first kappa shape index (κ1) is 15.4. The molecule has 2 rings (SSSR count). The van der Waals surface area contributed by atoms with E-state index in [0.29, 0.717) is 0 Å². The van der Waals surface area contributed by atoms with Gasteiger partial charge >= 0.3 is 13.5 Å². The number of hydrogen-bond acceptors (Lipinski definition) is 8. The number of phosphoric ester groups is 1. The zero-order valence-electron chi connectivity index (χ0n) is 10.1. The maximum absolute atomic E-state index is 11.6. The van der Waals surface area contributed by atoms with Crippen LogP contribution in [0.3, 0.4) is 0 Å². The molecule has 0 spiro atoms. The lowest BCUT2D eigenvalue weighted by molar-refractivity contribution is 0.128. The van der Waals surface area contributed by atoms with Crippen LogP contribution in [0, 0.1) is 0 Å². The summed E-state index contributed by atoms with van der Waals surface area (Å²) in [5.74, 6) is -0.142. The lowest BCUT2D eigenvalue weighted by Crippen LogP contribution is -2.26. The maximum Gasteiger partial charge on any atom is 0.469 e. The number of aliphatic hydroxyl groups is 1. The first-order valence-corrected chi connectivity index (χ1v) is 7.98. The van der Waals surface area contributed by atoms with Crippen molar-refractivity contribution in [3.63, 3.8) is 0 Å². The third kappa shape index (κ3) is 3.78. The van der Waals surface area contributed by atoms with Crippen molar-refractivity contribution in [2.75, 3.05) is 12.3 Å². The maximum atomic E-state index is 11.6. The van der Waals surface area contributed by atoms with Crippen LogP contribution in [0.1, 0.15) is 11.8 Å². The van der Waals surface area contributed by atoms with Crippen molar-refractivity contribution >= 4 is 25.5 Å². The molecule has 0 aromatic carbocycles. The average molecular weight is 324 g/mol. The molecule has 1 aromatic heterocycles. The molecule has 0 bridgehead atoms. The van der Waals surface area contributed by atoms with Gasteiger partial charge < -0.3 is 20.6 Å². The molecular formula is C8H13N4O6PS. The third-order valence-corrected chi connectivity index (χ3v) is 4.69. The summed E-state index contributed by atoms with van der Waals surface area (Å²) < 4.78 is 16.2. The van der Waals surface area contributed by atoms with Crippen molar-refractivity contribution in [1.82, 2.24) is 14.5 Å².